The Labute approximate surface area is 85.5 Å². The molecule has 0 aliphatic carbocycles. The molecule has 1 rings (SSSR count). The van der Waals surface area contributed by atoms with E-state index in [4.69, 9.17) is 0 Å². The second kappa shape index (κ2) is 5.15. The average molecular weight is 196 g/mol. The molecule has 2 N–H and O–H groups in total. The van der Waals surface area contributed by atoms with E-state index in [1.54, 1.807) is 12.4 Å². The van der Waals surface area contributed by atoms with Crippen LogP contribution in [0.2, 0.25) is 0 Å². The van der Waals surface area contributed by atoms with E-state index in [-0.39, 0.29) is 6.10 Å². The second-order valence-electron chi connectivity index (χ2n) is 4.52. The van der Waals surface area contributed by atoms with Crippen LogP contribution in [0.4, 0.5) is 0 Å². The van der Waals surface area contributed by atoms with Crippen LogP contribution in [0.15, 0.2) is 12.4 Å². The summed E-state index contributed by atoms with van der Waals surface area (Å²) in [7, 11) is 0. The largest absolute Gasteiger partial charge is 0.388 e. The summed E-state index contributed by atoms with van der Waals surface area (Å²) in [6.07, 6.45) is 5.05. The van der Waals surface area contributed by atoms with Gasteiger partial charge in [0.1, 0.15) is 0 Å². The maximum Gasteiger partial charge on any atom is 0.0823 e. The number of aromatic amines is 1. The van der Waals surface area contributed by atoms with Crippen LogP contribution in [0.3, 0.4) is 0 Å². The van der Waals surface area contributed by atoms with Crippen LogP contribution >= 0.6 is 0 Å². The van der Waals surface area contributed by atoms with Gasteiger partial charge < -0.3 is 5.11 Å². The van der Waals surface area contributed by atoms with Crippen molar-refractivity contribution in [2.45, 2.75) is 39.7 Å². The molecule has 1 aromatic heterocycles. The summed E-state index contributed by atoms with van der Waals surface area (Å²) >= 11 is 0. The maximum atomic E-state index is 9.83. The molecule has 0 spiro atoms. The molecule has 0 fully saturated rings. The summed E-state index contributed by atoms with van der Waals surface area (Å²) in [6.45, 7) is 6.60. The summed E-state index contributed by atoms with van der Waals surface area (Å²) < 4.78 is 0. The highest BCUT2D eigenvalue weighted by Gasteiger charge is 2.14. The van der Waals surface area contributed by atoms with Gasteiger partial charge in [-0.15, -0.1) is 0 Å². The lowest BCUT2D eigenvalue weighted by molar-refractivity contribution is 0.142. The van der Waals surface area contributed by atoms with Gasteiger partial charge in [0.05, 0.1) is 12.3 Å². The number of aromatic nitrogens is 2. The maximum absolute atomic E-state index is 9.83. The fourth-order valence-corrected chi connectivity index (χ4v) is 1.86. The first-order valence-corrected chi connectivity index (χ1v) is 5.26. The Hall–Kier alpha value is -0.830. The van der Waals surface area contributed by atoms with Gasteiger partial charge in [0, 0.05) is 11.8 Å². The normalized spacial score (nSPS) is 15.8. The Morgan fingerprint density at radius 2 is 2.07 bits per heavy atom. The highest BCUT2D eigenvalue weighted by molar-refractivity contribution is 5.06. The fraction of sp³-hybridized carbons (Fsp3) is 0.727. The first-order valence-electron chi connectivity index (χ1n) is 5.26. The van der Waals surface area contributed by atoms with Crippen molar-refractivity contribution >= 4 is 0 Å². The zero-order valence-electron chi connectivity index (χ0n) is 9.20. The number of aliphatic hydroxyl groups is 1. The summed E-state index contributed by atoms with van der Waals surface area (Å²) in [6, 6.07) is 0. The number of nitrogens with one attached hydrogen (secondary N) is 1. The molecule has 0 saturated heterocycles. The fourth-order valence-electron chi connectivity index (χ4n) is 1.86. The summed E-state index contributed by atoms with van der Waals surface area (Å²) in [5, 5.41) is 16.4. The Morgan fingerprint density at radius 1 is 1.36 bits per heavy atom. The average Bonchev–Trinajstić information content (AvgIpc) is 2.53. The van der Waals surface area contributed by atoms with E-state index < -0.39 is 0 Å². The Bertz CT molecular complexity index is 244. The van der Waals surface area contributed by atoms with E-state index in [9.17, 15) is 5.11 Å². The van der Waals surface area contributed by atoms with Gasteiger partial charge in [0.2, 0.25) is 0 Å². The lowest BCUT2D eigenvalue weighted by Gasteiger charge is -2.16. The number of hydrogen-bond acceptors (Lipinski definition) is 2. The van der Waals surface area contributed by atoms with Crippen LogP contribution in [0, 0.1) is 11.8 Å². The van der Waals surface area contributed by atoms with Crippen molar-refractivity contribution in [2.75, 3.05) is 0 Å². The third-order valence-corrected chi connectivity index (χ3v) is 2.40. The minimum absolute atomic E-state index is 0.373. The van der Waals surface area contributed by atoms with Crippen molar-refractivity contribution in [1.29, 1.82) is 0 Å². The monoisotopic (exact) mass is 196 g/mol. The molecule has 3 nitrogen and oxygen atoms in total. The molecule has 0 aliphatic rings. The van der Waals surface area contributed by atoms with Gasteiger partial charge >= 0.3 is 0 Å². The predicted molar refractivity (Wildman–Crippen MR) is 56.8 cm³/mol. The quantitative estimate of drug-likeness (QED) is 0.760. The number of hydrogen-bond donors (Lipinski definition) is 2. The molecule has 1 heterocycles. The van der Waals surface area contributed by atoms with Gasteiger partial charge in [0.15, 0.2) is 0 Å². The first kappa shape index (κ1) is 11.2. The van der Waals surface area contributed by atoms with Crippen molar-refractivity contribution in [3.63, 3.8) is 0 Å². The number of aliphatic hydroxyl groups excluding tert-OH is 1. The van der Waals surface area contributed by atoms with E-state index in [1.807, 2.05) is 0 Å². The summed E-state index contributed by atoms with van der Waals surface area (Å²) in [5.41, 5.74) is 0.889. The van der Waals surface area contributed by atoms with Crippen LogP contribution in [0.5, 0.6) is 0 Å². The third kappa shape index (κ3) is 3.50. The second-order valence-corrected chi connectivity index (χ2v) is 4.52. The summed E-state index contributed by atoms with van der Waals surface area (Å²) in [5.74, 6) is 1.25. The van der Waals surface area contributed by atoms with E-state index in [2.05, 4.69) is 31.0 Å². The molecule has 80 valence electrons. The zero-order chi connectivity index (χ0) is 10.6. The van der Waals surface area contributed by atoms with E-state index in [0.717, 1.165) is 18.4 Å². The first-order chi connectivity index (χ1) is 6.59. The minimum atomic E-state index is -0.373. The van der Waals surface area contributed by atoms with Crippen LogP contribution in [0.25, 0.3) is 0 Å². The Balaban J connectivity index is 2.37. The van der Waals surface area contributed by atoms with Crippen LogP contribution < -0.4 is 0 Å². The molecule has 1 aromatic rings. The molecule has 0 amide bonds. The van der Waals surface area contributed by atoms with E-state index in [0.29, 0.717) is 11.8 Å². The Morgan fingerprint density at radius 3 is 2.57 bits per heavy atom. The van der Waals surface area contributed by atoms with Gasteiger partial charge in [-0.25, -0.2) is 0 Å². The smallest absolute Gasteiger partial charge is 0.0823 e. The molecular weight excluding hydrogens is 176 g/mol. The van der Waals surface area contributed by atoms with E-state index >= 15 is 0 Å². The van der Waals surface area contributed by atoms with Crippen LogP contribution in [0.1, 0.15) is 45.3 Å². The third-order valence-electron chi connectivity index (χ3n) is 2.40. The van der Waals surface area contributed by atoms with Crippen molar-refractivity contribution in [1.82, 2.24) is 10.2 Å². The zero-order valence-corrected chi connectivity index (χ0v) is 9.20. The molecule has 3 heteroatoms. The number of H-pyrrole nitrogens is 1. The van der Waals surface area contributed by atoms with Gasteiger partial charge in [-0.2, -0.15) is 5.10 Å². The molecular formula is C11H20N2O. The van der Waals surface area contributed by atoms with Crippen molar-refractivity contribution in [2.24, 2.45) is 11.8 Å². The molecule has 0 saturated carbocycles. The van der Waals surface area contributed by atoms with Gasteiger partial charge in [-0.1, -0.05) is 20.8 Å². The van der Waals surface area contributed by atoms with Gasteiger partial charge in [-0.3, -0.25) is 5.10 Å². The molecule has 0 aromatic carbocycles. The standard InChI is InChI=1S/C11H20N2O/c1-8(2)4-9(3)5-11(14)10-6-12-13-7-10/h6-9,11,14H,4-5H2,1-3H3,(H,12,13). The molecule has 0 radical (unpaired) electrons. The topological polar surface area (TPSA) is 48.9 Å². The van der Waals surface area contributed by atoms with Gasteiger partial charge in [0.25, 0.3) is 0 Å². The predicted octanol–water partition coefficient (Wildman–Crippen LogP) is 2.52. The van der Waals surface area contributed by atoms with Crippen molar-refractivity contribution < 1.29 is 5.11 Å². The summed E-state index contributed by atoms with van der Waals surface area (Å²) in [4.78, 5) is 0. The minimum Gasteiger partial charge on any atom is -0.388 e. The van der Waals surface area contributed by atoms with E-state index in [1.165, 1.54) is 0 Å². The number of nitrogens with zero attached hydrogens (tertiary/aromatic N) is 1. The number of rotatable bonds is 5. The lowest BCUT2D eigenvalue weighted by Crippen LogP contribution is -2.06. The lowest BCUT2D eigenvalue weighted by atomic mass is 9.92. The SMILES string of the molecule is CC(C)CC(C)CC(O)c1cn[nH]c1. The van der Waals surface area contributed by atoms with Crippen molar-refractivity contribution in [3.05, 3.63) is 18.0 Å². The highest BCUT2D eigenvalue weighted by atomic mass is 16.3. The molecule has 14 heavy (non-hydrogen) atoms. The molecule has 2 atom stereocenters. The molecule has 0 bridgehead atoms. The highest BCUT2D eigenvalue weighted by Crippen LogP contribution is 2.24. The van der Waals surface area contributed by atoms with Crippen molar-refractivity contribution in [3.8, 4) is 0 Å². The van der Waals surface area contributed by atoms with Crippen LogP contribution in [-0.4, -0.2) is 15.3 Å². The van der Waals surface area contributed by atoms with Crippen LogP contribution in [-0.2, 0) is 0 Å². The Kier molecular flexibility index (Phi) is 4.14. The van der Waals surface area contributed by atoms with Gasteiger partial charge in [-0.05, 0) is 24.7 Å². The molecule has 0 aliphatic heterocycles. The molecule has 2 unspecified atom stereocenters.